The quantitative estimate of drug-likeness (QED) is 0.901. The number of carbonyl (C=O) groups excluding carboxylic acids is 2. The van der Waals surface area contributed by atoms with Gasteiger partial charge in [-0.2, -0.15) is 0 Å². The summed E-state index contributed by atoms with van der Waals surface area (Å²) in [5.74, 6) is 0.338. The highest BCUT2D eigenvalue weighted by Crippen LogP contribution is 2.20. The Bertz CT molecular complexity index is 756. The normalized spacial score (nSPS) is 13.6. The molecule has 0 bridgehead atoms. The van der Waals surface area contributed by atoms with E-state index in [-0.39, 0.29) is 11.8 Å². The van der Waals surface area contributed by atoms with Crippen LogP contribution >= 0.6 is 0 Å². The minimum absolute atomic E-state index is 0.0649. The third-order valence-electron chi connectivity index (χ3n) is 3.73. The van der Waals surface area contributed by atoms with Crippen molar-refractivity contribution in [1.82, 2.24) is 14.9 Å². The number of hydrogen-bond acceptors (Lipinski definition) is 5. The van der Waals surface area contributed by atoms with Crippen LogP contribution in [0.5, 0.6) is 0 Å². The van der Waals surface area contributed by atoms with E-state index in [2.05, 4.69) is 20.6 Å². The molecule has 0 spiro atoms. The van der Waals surface area contributed by atoms with Crippen LogP contribution in [0.4, 0.5) is 17.2 Å². The van der Waals surface area contributed by atoms with E-state index < -0.39 is 0 Å². The lowest BCUT2D eigenvalue weighted by atomic mass is 10.2. The lowest BCUT2D eigenvalue weighted by molar-refractivity contribution is -0.114. The van der Waals surface area contributed by atoms with Crippen molar-refractivity contribution in [1.29, 1.82) is 0 Å². The fourth-order valence-electron chi connectivity index (χ4n) is 2.65. The molecule has 0 saturated carbocycles. The van der Waals surface area contributed by atoms with Crippen LogP contribution in [0.25, 0.3) is 0 Å². The Hall–Kier alpha value is -2.96. The number of carbonyl (C=O) groups is 2. The smallest absolute Gasteiger partial charge is 0.272 e. The number of anilines is 3. The molecule has 1 aromatic heterocycles. The van der Waals surface area contributed by atoms with E-state index in [1.54, 1.807) is 18.2 Å². The van der Waals surface area contributed by atoms with Gasteiger partial charge in [0.1, 0.15) is 17.8 Å². The van der Waals surface area contributed by atoms with Crippen LogP contribution in [0.3, 0.4) is 0 Å². The van der Waals surface area contributed by atoms with Crippen LogP contribution < -0.4 is 10.6 Å². The van der Waals surface area contributed by atoms with Gasteiger partial charge < -0.3 is 15.5 Å². The Kier molecular flexibility index (Phi) is 4.69. The number of nitrogens with one attached hydrogen (secondary N) is 2. The first-order valence-electron chi connectivity index (χ1n) is 7.88. The molecule has 2 N–H and O–H groups in total. The summed E-state index contributed by atoms with van der Waals surface area (Å²) < 4.78 is 0. The first kappa shape index (κ1) is 15.9. The average molecular weight is 325 g/mol. The highest BCUT2D eigenvalue weighted by molar-refractivity contribution is 5.93. The first-order valence-corrected chi connectivity index (χ1v) is 7.88. The molecule has 1 saturated heterocycles. The molecule has 124 valence electrons. The van der Waals surface area contributed by atoms with E-state index in [0.717, 1.165) is 31.6 Å². The van der Waals surface area contributed by atoms with Crippen molar-refractivity contribution in [2.45, 2.75) is 19.8 Å². The largest absolute Gasteiger partial charge is 0.340 e. The van der Waals surface area contributed by atoms with Gasteiger partial charge in [-0.1, -0.05) is 6.07 Å². The van der Waals surface area contributed by atoms with Gasteiger partial charge in [0.25, 0.3) is 5.91 Å². The molecule has 1 aromatic carbocycles. The van der Waals surface area contributed by atoms with Crippen molar-refractivity contribution < 1.29 is 9.59 Å². The SMILES string of the molecule is CC(=O)Nc1cccc(Nc2cc(C(=O)N3CCCC3)ncn2)c1. The zero-order valence-electron chi connectivity index (χ0n) is 13.5. The molecule has 24 heavy (non-hydrogen) atoms. The number of benzene rings is 1. The lowest BCUT2D eigenvalue weighted by Crippen LogP contribution is -2.28. The standard InChI is InChI=1S/C17H19N5O2/c1-12(23)20-13-5-4-6-14(9-13)21-16-10-15(18-11-19-16)17(24)22-7-2-3-8-22/h4-6,9-11H,2-3,7-8H2,1H3,(H,20,23)(H,18,19,21). The predicted molar refractivity (Wildman–Crippen MR) is 91.2 cm³/mol. The number of nitrogens with zero attached hydrogens (tertiary/aromatic N) is 3. The fourth-order valence-corrected chi connectivity index (χ4v) is 2.65. The lowest BCUT2D eigenvalue weighted by Gasteiger charge is -2.15. The molecule has 0 atom stereocenters. The van der Waals surface area contributed by atoms with Gasteiger partial charge in [0, 0.05) is 37.5 Å². The molecule has 0 radical (unpaired) electrons. The van der Waals surface area contributed by atoms with E-state index >= 15 is 0 Å². The fraction of sp³-hybridized carbons (Fsp3) is 0.294. The summed E-state index contributed by atoms with van der Waals surface area (Å²) >= 11 is 0. The van der Waals surface area contributed by atoms with Gasteiger partial charge in [0.15, 0.2) is 0 Å². The second-order valence-electron chi connectivity index (χ2n) is 5.67. The summed E-state index contributed by atoms with van der Waals surface area (Å²) in [5.41, 5.74) is 1.84. The van der Waals surface area contributed by atoms with Gasteiger partial charge >= 0.3 is 0 Å². The van der Waals surface area contributed by atoms with Gasteiger partial charge in [-0.25, -0.2) is 9.97 Å². The van der Waals surface area contributed by atoms with E-state index in [4.69, 9.17) is 0 Å². The third-order valence-corrected chi connectivity index (χ3v) is 3.73. The van der Waals surface area contributed by atoms with Crippen LogP contribution in [0.1, 0.15) is 30.3 Å². The number of aromatic nitrogens is 2. The highest BCUT2D eigenvalue weighted by atomic mass is 16.2. The molecule has 2 heterocycles. The topological polar surface area (TPSA) is 87.2 Å². The third kappa shape index (κ3) is 3.87. The molecular formula is C17H19N5O2. The first-order chi connectivity index (χ1) is 11.6. The zero-order chi connectivity index (χ0) is 16.9. The molecule has 1 aliphatic rings. The molecule has 7 heteroatoms. The van der Waals surface area contributed by atoms with Crippen molar-refractivity contribution >= 4 is 29.0 Å². The van der Waals surface area contributed by atoms with Gasteiger partial charge in [-0.05, 0) is 31.0 Å². The molecule has 2 amide bonds. The van der Waals surface area contributed by atoms with Crippen molar-refractivity contribution in [2.24, 2.45) is 0 Å². The second-order valence-corrected chi connectivity index (χ2v) is 5.67. The molecule has 2 aromatic rings. The maximum absolute atomic E-state index is 12.4. The minimum atomic E-state index is -0.132. The molecule has 1 fully saturated rings. The van der Waals surface area contributed by atoms with Crippen molar-refractivity contribution in [3.05, 3.63) is 42.4 Å². The molecule has 0 unspecified atom stereocenters. The van der Waals surface area contributed by atoms with Crippen LogP contribution in [-0.2, 0) is 4.79 Å². The summed E-state index contributed by atoms with van der Waals surface area (Å²) in [5, 5.41) is 5.86. The van der Waals surface area contributed by atoms with E-state index in [1.807, 2.05) is 17.0 Å². The van der Waals surface area contributed by atoms with Crippen LogP contribution in [0.2, 0.25) is 0 Å². The molecular weight excluding hydrogens is 306 g/mol. The number of rotatable bonds is 4. The van der Waals surface area contributed by atoms with Crippen LogP contribution in [0, 0.1) is 0 Å². The van der Waals surface area contributed by atoms with Gasteiger partial charge in [0.2, 0.25) is 5.91 Å². The Morgan fingerprint density at radius 1 is 1.08 bits per heavy atom. The summed E-state index contributed by atoms with van der Waals surface area (Å²) in [7, 11) is 0. The van der Waals surface area contributed by atoms with Gasteiger partial charge in [-0.15, -0.1) is 0 Å². The zero-order valence-corrected chi connectivity index (χ0v) is 13.5. The average Bonchev–Trinajstić information content (AvgIpc) is 3.08. The van der Waals surface area contributed by atoms with Crippen molar-refractivity contribution in [3.8, 4) is 0 Å². The molecule has 7 nitrogen and oxygen atoms in total. The van der Waals surface area contributed by atoms with Crippen molar-refractivity contribution in [3.63, 3.8) is 0 Å². The molecule has 1 aliphatic heterocycles. The maximum atomic E-state index is 12.4. The van der Waals surface area contributed by atoms with Gasteiger partial charge in [0.05, 0.1) is 0 Å². The summed E-state index contributed by atoms with van der Waals surface area (Å²) in [6, 6.07) is 8.92. The predicted octanol–water partition coefficient (Wildman–Crippen LogP) is 2.41. The Balaban J connectivity index is 1.74. The summed E-state index contributed by atoms with van der Waals surface area (Å²) in [4.78, 5) is 33.6. The van der Waals surface area contributed by atoms with Crippen molar-refractivity contribution in [2.75, 3.05) is 23.7 Å². The monoisotopic (exact) mass is 325 g/mol. The second kappa shape index (κ2) is 7.08. The summed E-state index contributed by atoms with van der Waals surface area (Å²) in [6.45, 7) is 3.02. The Morgan fingerprint density at radius 3 is 2.58 bits per heavy atom. The van der Waals surface area contributed by atoms with E-state index in [1.165, 1.54) is 13.3 Å². The molecule has 0 aliphatic carbocycles. The molecule has 3 rings (SSSR count). The Morgan fingerprint density at radius 2 is 1.83 bits per heavy atom. The number of hydrogen-bond donors (Lipinski definition) is 2. The summed E-state index contributed by atoms with van der Waals surface area (Å²) in [6.07, 6.45) is 3.46. The minimum Gasteiger partial charge on any atom is -0.340 e. The van der Waals surface area contributed by atoms with Crippen LogP contribution in [0.15, 0.2) is 36.7 Å². The maximum Gasteiger partial charge on any atom is 0.272 e. The van der Waals surface area contributed by atoms with Gasteiger partial charge in [-0.3, -0.25) is 9.59 Å². The highest BCUT2D eigenvalue weighted by Gasteiger charge is 2.20. The van der Waals surface area contributed by atoms with E-state index in [0.29, 0.717) is 17.2 Å². The number of amides is 2. The Labute approximate surface area is 140 Å². The number of likely N-dealkylation sites (tertiary alicyclic amines) is 1. The van der Waals surface area contributed by atoms with Crippen LogP contribution in [-0.4, -0.2) is 39.8 Å². The van der Waals surface area contributed by atoms with E-state index in [9.17, 15) is 9.59 Å².